The van der Waals surface area contributed by atoms with Crippen LogP contribution in [0.2, 0.25) is 0 Å². The summed E-state index contributed by atoms with van der Waals surface area (Å²) in [6, 6.07) is 6.45. The largest absolute Gasteiger partial charge is 0.497 e. The maximum absolute atomic E-state index is 11.7. The summed E-state index contributed by atoms with van der Waals surface area (Å²) in [6.45, 7) is 1.73. The molecule has 7 heteroatoms. The van der Waals surface area contributed by atoms with Gasteiger partial charge in [-0.05, 0) is 37.6 Å². The van der Waals surface area contributed by atoms with Crippen molar-refractivity contribution in [1.29, 1.82) is 0 Å². The standard InChI is InChI=1S/C13H20N2O4S/c1-10(14)7-8-20(17,18)9-13(16)15-11-3-5-12(19-2)6-4-11/h3-6,10H,7-9,14H2,1-2H3,(H,15,16). The molecule has 20 heavy (non-hydrogen) atoms. The number of hydrogen-bond acceptors (Lipinski definition) is 5. The molecule has 0 aliphatic heterocycles. The Labute approximate surface area is 119 Å². The van der Waals surface area contributed by atoms with Gasteiger partial charge in [0, 0.05) is 11.7 Å². The molecule has 1 unspecified atom stereocenters. The predicted octanol–water partition coefficient (Wildman–Crippen LogP) is 0.786. The van der Waals surface area contributed by atoms with E-state index < -0.39 is 21.5 Å². The van der Waals surface area contributed by atoms with E-state index in [0.29, 0.717) is 17.9 Å². The monoisotopic (exact) mass is 300 g/mol. The van der Waals surface area contributed by atoms with Crippen LogP contribution < -0.4 is 15.8 Å². The lowest BCUT2D eigenvalue weighted by molar-refractivity contribution is -0.113. The fourth-order valence-electron chi connectivity index (χ4n) is 1.51. The minimum atomic E-state index is -3.43. The van der Waals surface area contributed by atoms with E-state index in [1.165, 1.54) is 0 Å². The molecule has 1 aromatic carbocycles. The third-order valence-corrected chi connectivity index (χ3v) is 4.17. The minimum absolute atomic E-state index is 0.0826. The highest BCUT2D eigenvalue weighted by Crippen LogP contribution is 2.15. The summed E-state index contributed by atoms with van der Waals surface area (Å²) in [5.41, 5.74) is 6.03. The second-order valence-electron chi connectivity index (χ2n) is 4.63. The van der Waals surface area contributed by atoms with Gasteiger partial charge >= 0.3 is 0 Å². The minimum Gasteiger partial charge on any atom is -0.497 e. The van der Waals surface area contributed by atoms with Crippen LogP contribution in [0.5, 0.6) is 5.75 Å². The van der Waals surface area contributed by atoms with E-state index in [1.807, 2.05) is 0 Å². The van der Waals surface area contributed by atoms with Gasteiger partial charge in [-0.3, -0.25) is 4.79 Å². The number of nitrogens with one attached hydrogen (secondary N) is 1. The van der Waals surface area contributed by atoms with Crippen molar-refractivity contribution in [2.75, 3.05) is 23.9 Å². The normalized spacial score (nSPS) is 12.8. The molecule has 3 N–H and O–H groups in total. The summed E-state index contributed by atoms with van der Waals surface area (Å²) in [5, 5.41) is 2.53. The summed E-state index contributed by atoms with van der Waals surface area (Å²) >= 11 is 0. The third kappa shape index (κ3) is 6.03. The molecule has 1 rings (SSSR count). The van der Waals surface area contributed by atoms with Crippen molar-refractivity contribution < 1.29 is 17.9 Å². The van der Waals surface area contributed by atoms with Crippen LogP contribution in [0.1, 0.15) is 13.3 Å². The fraction of sp³-hybridized carbons (Fsp3) is 0.462. The molecule has 0 aromatic heterocycles. The quantitative estimate of drug-likeness (QED) is 0.775. The van der Waals surface area contributed by atoms with Crippen molar-refractivity contribution in [1.82, 2.24) is 0 Å². The van der Waals surface area contributed by atoms with Crippen LogP contribution >= 0.6 is 0 Å². The molecule has 6 nitrogen and oxygen atoms in total. The summed E-state index contributed by atoms with van der Waals surface area (Å²) in [5.74, 6) is -0.515. The molecular weight excluding hydrogens is 280 g/mol. The number of benzene rings is 1. The van der Waals surface area contributed by atoms with Gasteiger partial charge in [-0.25, -0.2) is 8.42 Å². The molecule has 0 heterocycles. The van der Waals surface area contributed by atoms with Crippen molar-refractivity contribution in [2.45, 2.75) is 19.4 Å². The van der Waals surface area contributed by atoms with Crippen LogP contribution in [0.3, 0.4) is 0 Å². The number of ether oxygens (including phenoxy) is 1. The number of rotatable bonds is 7. The van der Waals surface area contributed by atoms with Crippen molar-refractivity contribution in [3.8, 4) is 5.75 Å². The van der Waals surface area contributed by atoms with Crippen LogP contribution in [-0.4, -0.2) is 39.0 Å². The zero-order valence-electron chi connectivity index (χ0n) is 11.6. The molecular formula is C13H20N2O4S. The molecule has 1 amide bonds. The zero-order chi connectivity index (χ0) is 15.2. The fourth-order valence-corrected chi connectivity index (χ4v) is 2.86. The number of hydrogen-bond donors (Lipinski definition) is 2. The molecule has 1 atom stereocenters. The Morgan fingerprint density at radius 2 is 1.95 bits per heavy atom. The van der Waals surface area contributed by atoms with E-state index in [0.717, 1.165) is 0 Å². The Kier molecular flexibility index (Phi) is 5.97. The number of sulfone groups is 1. The van der Waals surface area contributed by atoms with E-state index in [2.05, 4.69) is 5.32 Å². The van der Waals surface area contributed by atoms with Gasteiger partial charge in [-0.15, -0.1) is 0 Å². The lowest BCUT2D eigenvalue weighted by atomic mass is 10.3. The Morgan fingerprint density at radius 1 is 1.35 bits per heavy atom. The highest BCUT2D eigenvalue weighted by molar-refractivity contribution is 7.92. The molecule has 1 aromatic rings. The first-order valence-electron chi connectivity index (χ1n) is 6.22. The average Bonchev–Trinajstić information content (AvgIpc) is 2.37. The Morgan fingerprint density at radius 3 is 2.45 bits per heavy atom. The molecule has 0 saturated carbocycles. The number of nitrogens with two attached hydrogens (primary N) is 1. The first-order chi connectivity index (χ1) is 9.32. The van der Waals surface area contributed by atoms with Gasteiger partial charge in [-0.1, -0.05) is 0 Å². The first kappa shape index (κ1) is 16.5. The van der Waals surface area contributed by atoms with Crippen LogP contribution in [-0.2, 0) is 14.6 Å². The lowest BCUT2D eigenvalue weighted by Crippen LogP contribution is -2.27. The van der Waals surface area contributed by atoms with Crippen molar-refractivity contribution in [2.24, 2.45) is 5.73 Å². The molecule has 112 valence electrons. The third-order valence-electron chi connectivity index (χ3n) is 2.61. The van der Waals surface area contributed by atoms with Gasteiger partial charge < -0.3 is 15.8 Å². The Bertz CT molecular complexity index is 538. The number of carbonyl (C=O) groups excluding carboxylic acids is 1. The maximum Gasteiger partial charge on any atom is 0.239 e. The van der Waals surface area contributed by atoms with Gasteiger partial charge in [0.25, 0.3) is 0 Å². The van der Waals surface area contributed by atoms with Crippen LogP contribution in [0, 0.1) is 0 Å². The summed E-state index contributed by atoms with van der Waals surface area (Å²) in [7, 11) is -1.89. The van der Waals surface area contributed by atoms with Crippen LogP contribution in [0.25, 0.3) is 0 Å². The number of methoxy groups -OCH3 is 1. The highest BCUT2D eigenvalue weighted by atomic mass is 32.2. The second kappa shape index (κ2) is 7.25. The Hall–Kier alpha value is -1.60. The Balaban J connectivity index is 2.54. The first-order valence-corrected chi connectivity index (χ1v) is 8.04. The van der Waals surface area contributed by atoms with Gasteiger partial charge in [0.2, 0.25) is 5.91 Å². The molecule has 0 saturated heterocycles. The van der Waals surface area contributed by atoms with E-state index in [1.54, 1.807) is 38.3 Å². The maximum atomic E-state index is 11.7. The summed E-state index contributed by atoms with van der Waals surface area (Å²) in [4.78, 5) is 11.7. The van der Waals surface area contributed by atoms with Crippen LogP contribution in [0.15, 0.2) is 24.3 Å². The van der Waals surface area contributed by atoms with Crippen molar-refractivity contribution in [3.63, 3.8) is 0 Å². The van der Waals surface area contributed by atoms with E-state index in [-0.39, 0.29) is 11.8 Å². The van der Waals surface area contributed by atoms with E-state index in [4.69, 9.17) is 10.5 Å². The number of carbonyl (C=O) groups is 1. The number of anilines is 1. The lowest BCUT2D eigenvalue weighted by Gasteiger charge is -2.08. The summed E-state index contributed by atoms with van der Waals surface area (Å²) in [6.07, 6.45) is 0.345. The SMILES string of the molecule is COc1ccc(NC(=O)CS(=O)(=O)CCC(C)N)cc1. The van der Waals surface area contributed by atoms with Gasteiger partial charge in [0.15, 0.2) is 9.84 Å². The molecule has 0 aliphatic rings. The molecule has 0 radical (unpaired) electrons. The summed E-state index contributed by atoms with van der Waals surface area (Å²) < 4.78 is 28.4. The van der Waals surface area contributed by atoms with Gasteiger partial charge in [0.1, 0.15) is 11.5 Å². The topological polar surface area (TPSA) is 98.5 Å². The highest BCUT2D eigenvalue weighted by Gasteiger charge is 2.17. The van der Waals surface area contributed by atoms with Crippen molar-refractivity contribution in [3.05, 3.63) is 24.3 Å². The molecule has 0 bridgehead atoms. The van der Waals surface area contributed by atoms with E-state index >= 15 is 0 Å². The predicted molar refractivity (Wildman–Crippen MR) is 78.5 cm³/mol. The molecule has 0 spiro atoms. The van der Waals surface area contributed by atoms with Crippen LogP contribution in [0.4, 0.5) is 5.69 Å². The zero-order valence-corrected chi connectivity index (χ0v) is 12.4. The van der Waals surface area contributed by atoms with Gasteiger partial charge in [-0.2, -0.15) is 0 Å². The van der Waals surface area contributed by atoms with E-state index in [9.17, 15) is 13.2 Å². The van der Waals surface area contributed by atoms with Gasteiger partial charge in [0.05, 0.1) is 12.9 Å². The molecule has 0 fully saturated rings. The average molecular weight is 300 g/mol. The smallest absolute Gasteiger partial charge is 0.239 e. The second-order valence-corrected chi connectivity index (χ2v) is 6.82. The van der Waals surface area contributed by atoms with Crippen molar-refractivity contribution >= 4 is 21.4 Å². The number of amides is 1. The molecule has 0 aliphatic carbocycles.